The predicted molar refractivity (Wildman–Crippen MR) is 221 cm³/mol. The average Bonchev–Trinajstić information content (AvgIpc) is 3.85. The Morgan fingerprint density at radius 3 is 1.89 bits per heavy atom. The van der Waals surface area contributed by atoms with Gasteiger partial charge in [-0.15, -0.1) is 0 Å². The topological polar surface area (TPSA) is 35.9 Å². The van der Waals surface area contributed by atoms with E-state index in [4.69, 9.17) is 4.42 Å². The molecular weight excluding hydrogens is 647 g/mol. The average molecular weight is 680 g/mol. The van der Waals surface area contributed by atoms with Gasteiger partial charge < -0.3 is 13.6 Å². The number of hydrogen-bond acceptors (Lipinski definition) is 2. The molecule has 11 rings (SSSR count). The third-order valence-corrected chi connectivity index (χ3v) is 10.9. The molecule has 0 amide bonds. The number of aryl methyl sites for hydroxylation is 2. The van der Waals surface area contributed by atoms with Gasteiger partial charge in [0, 0.05) is 50.1 Å². The van der Waals surface area contributed by atoms with Crippen LogP contribution in [0.5, 0.6) is 0 Å². The van der Waals surface area contributed by atoms with Crippen molar-refractivity contribution in [3.63, 3.8) is 0 Å². The zero-order chi connectivity index (χ0) is 35.2. The van der Waals surface area contributed by atoms with Crippen molar-refractivity contribution in [2.24, 2.45) is 0 Å². The Hall–Kier alpha value is -6.91. The highest BCUT2D eigenvalue weighted by Gasteiger charge is 2.20. The molecule has 0 N–H and O–H groups in total. The molecule has 4 nitrogen and oxygen atoms in total. The smallest absolute Gasteiger partial charge is 0.145 e. The molecule has 53 heavy (non-hydrogen) atoms. The molecular formula is C49H33N3O. The van der Waals surface area contributed by atoms with Gasteiger partial charge in [0.15, 0.2) is 0 Å². The molecule has 0 aliphatic carbocycles. The van der Waals surface area contributed by atoms with Crippen LogP contribution in [0, 0.1) is 13.8 Å². The van der Waals surface area contributed by atoms with E-state index in [1.54, 1.807) is 0 Å². The summed E-state index contributed by atoms with van der Waals surface area (Å²) in [4.78, 5) is 4.65. The molecule has 11 aromatic rings. The van der Waals surface area contributed by atoms with Gasteiger partial charge in [-0.25, -0.2) is 0 Å². The van der Waals surface area contributed by atoms with Gasteiger partial charge in [0.1, 0.15) is 11.2 Å². The number of furan rings is 1. The Labute approximate surface area is 305 Å². The molecule has 0 bridgehead atoms. The van der Waals surface area contributed by atoms with E-state index in [0.717, 1.165) is 77.6 Å². The van der Waals surface area contributed by atoms with E-state index in [1.165, 1.54) is 32.8 Å². The summed E-state index contributed by atoms with van der Waals surface area (Å²) in [6.45, 7) is 4.30. The van der Waals surface area contributed by atoms with Crippen molar-refractivity contribution in [3.05, 3.63) is 175 Å². The molecule has 4 aromatic heterocycles. The van der Waals surface area contributed by atoms with Gasteiger partial charge in [-0.1, -0.05) is 83.9 Å². The Morgan fingerprint density at radius 2 is 1.09 bits per heavy atom. The van der Waals surface area contributed by atoms with Gasteiger partial charge >= 0.3 is 0 Å². The molecule has 0 atom stereocenters. The van der Waals surface area contributed by atoms with Crippen molar-refractivity contribution < 1.29 is 4.42 Å². The zero-order valence-electron chi connectivity index (χ0n) is 29.3. The number of fused-ring (bicyclic) bond motifs is 10. The lowest BCUT2D eigenvalue weighted by Crippen LogP contribution is -1.96. The van der Waals surface area contributed by atoms with Crippen LogP contribution in [0.2, 0.25) is 0 Å². The summed E-state index contributed by atoms with van der Waals surface area (Å²) in [5.74, 6) is 0. The minimum atomic E-state index is 0.921. The number of nitrogens with zero attached hydrogens (tertiary/aromatic N) is 3. The summed E-state index contributed by atoms with van der Waals surface area (Å²) in [6, 6.07) is 56.9. The lowest BCUT2D eigenvalue weighted by molar-refractivity contribution is 0.673. The van der Waals surface area contributed by atoms with E-state index in [2.05, 4.69) is 174 Å². The number of pyridine rings is 1. The van der Waals surface area contributed by atoms with E-state index < -0.39 is 0 Å². The molecule has 7 aromatic carbocycles. The van der Waals surface area contributed by atoms with Gasteiger partial charge in [0.2, 0.25) is 0 Å². The zero-order valence-corrected chi connectivity index (χ0v) is 29.3. The maximum Gasteiger partial charge on any atom is 0.145 e. The second-order valence-electron chi connectivity index (χ2n) is 14.2. The summed E-state index contributed by atoms with van der Waals surface area (Å²) in [6.07, 6.45) is 1.85. The normalized spacial score (nSPS) is 12.0. The first-order valence-corrected chi connectivity index (χ1v) is 18.1. The molecule has 0 fully saturated rings. The Bertz CT molecular complexity index is 3250. The van der Waals surface area contributed by atoms with Crippen LogP contribution < -0.4 is 0 Å². The fourth-order valence-electron chi connectivity index (χ4n) is 8.43. The highest BCUT2D eigenvalue weighted by atomic mass is 16.3. The van der Waals surface area contributed by atoms with Crippen molar-refractivity contribution >= 4 is 65.6 Å². The van der Waals surface area contributed by atoms with E-state index in [9.17, 15) is 0 Å². The molecule has 0 radical (unpaired) electrons. The second kappa shape index (κ2) is 11.3. The first-order valence-electron chi connectivity index (χ1n) is 18.1. The Balaban J connectivity index is 1.09. The van der Waals surface area contributed by atoms with Crippen molar-refractivity contribution in [2.75, 3.05) is 0 Å². The lowest BCUT2D eigenvalue weighted by Gasteiger charge is -2.13. The predicted octanol–water partition coefficient (Wildman–Crippen LogP) is 13.1. The van der Waals surface area contributed by atoms with E-state index in [1.807, 2.05) is 18.3 Å². The molecule has 0 saturated carbocycles. The maximum atomic E-state index is 6.63. The molecule has 4 heteroatoms. The van der Waals surface area contributed by atoms with Gasteiger partial charge in [-0.2, -0.15) is 0 Å². The quantitative estimate of drug-likeness (QED) is 0.186. The van der Waals surface area contributed by atoms with Crippen LogP contribution in [-0.4, -0.2) is 14.1 Å². The largest absolute Gasteiger partial charge is 0.455 e. The number of rotatable bonds is 4. The highest BCUT2D eigenvalue weighted by molar-refractivity contribution is 6.24. The fraction of sp³-hybridized carbons (Fsp3) is 0.0408. The molecule has 250 valence electrons. The van der Waals surface area contributed by atoms with E-state index in [-0.39, 0.29) is 0 Å². The molecule has 0 aliphatic rings. The SMILES string of the molecule is Cc1ccc2oc3c(ccc4c3c3cc(C)ccc3n4-c3cccc(-c4cccc(-n5c6ccccc6c6ccc(-c7ccccn7)cc65)c4)c3)c2c1. The van der Waals surface area contributed by atoms with Crippen LogP contribution in [-0.2, 0) is 0 Å². The van der Waals surface area contributed by atoms with Crippen molar-refractivity contribution in [1.29, 1.82) is 0 Å². The van der Waals surface area contributed by atoms with Crippen LogP contribution in [0.1, 0.15) is 11.1 Å². The molecule has 0 aliphatic heterocycles. The van der Waals surface area contributed by atoms with Crippen molar-refractivity contribution in [2.45, 2.75) is 13.8 Å². The summed E-state index contributed by atoms with van der Waals surface area (Å²) in [5, 5.41) is 7.12. The monoisotopic (exact) mass is 679 g/mol. The number of para-hydroxylation sites is 1. The van der Waals surface area contributed by atoms with Gasteiger partial charge in [0.25, 0.3) is 0 Å². The third-order valence-electron chi connectivity index (χ3n) is 10.9. The molecule has 0 spiro atoms. The highest BCUT2D eigenvalue weighted by Crippen LogP contribution is 2.42. The summed E-state index contributed by atoms with van der Waals surface area (Å²) >= 11 is 0. The van der Waals surface area contributed by atoms with Gasteiger partial charge in [-0.3, -0.25) is 4.98 Å². The van der Waals surface area contributed by atoms with Crippen LogP contribution in [0.4, 0.5) is 0 Å². The number of aromatic nitrogens is 3. The number of benzene rings is 7. The van der Waals surface area contributed by atoms with Crippen LogP contribution in [0.3, 0.4) is 0 Å². The van der Waals surface area contributed by atoms with Crippen molar-refractivity contribution in [3.8, 4) is 33.8 Å². The second-order valence-corrected chi connectivity index (χ2v) is 14.2. The van der Waals surface area contributed by atoms with Crippen LogP contribution in [0.15, 0.2) is 168 Å². The maximum absolute atomic E-state index is 6.63. The van der Waals surface area contributed by atoms with Crippen molar-refractivity contribution in [1.82, 2.24) is 14.1 Å². The fourth-order valence-corrected chi connectivity index (χ4v) is 8.43. The minimum Gasteiger partial charge on any atom is -0.455 e. The standard InChI is InChI=1S/C49H33N3O/c1-30-16-21-44-41(26-30)48-45(22-20-39-40-25-31(2)17-23-47(40)53-49(39)48)51(44)35-11-7-9-32(27-35)33-10-8-12-36(28-33)52-43-15-4-3-13-37(43)38-19-18-34(29-46(38)52)42-14-5-6-24-50-42/h3-29H,1-2H3. The summed E-state index contributed by atoms with van der Waals surface area (Å²) in [7, 11) is 0. The van der Waals surface area contributed by atoms with Crippen LogP contribution in [0.25, 0.3) is 99.3 Å². The molecule has 0 unspecified atom stereocenters. The van der Waals surface area contributed by atoms with E-state index in [0.29, 0.717) is 0 Å². The lowest BCUT2D eigenvalue weighted by atomic mass is 10.0. The van der Waals surface area contributed by atoms with Crippen LogP contribution >= 0.6 is 0 Å². The Morgan fingerprint density at radius 1 is 0.434 bits per heavy atom. The molecule has 4 heterocycles. The van der Waals surface area contributed by atoms with Gasteiger partial charge in [0.05, 0.1) is 33.1 Å². The summed E-state index contributed by atoms with van der Waals surface area (Å²) < 4.78 is 11.4. The third kappa shape index (κ3) is 4.52. The number of hydrogen-bond donors (Lipinski definition) is 0. The summed E-state index contributed by atoms with van der Waals surface area (Å²) in [5.41, 5.74) is 15.6. The van der Waals surface area contributed by atoms with Gasteiger partial charge in [-0.05, 0) is 110 Å². The minimum absolute atomic E-state index is 0.921. The van der Waals surface area contributed by atoms with E-state index >= 15 is 0 Å². The Kier molecular flexibility index (Phi) is 6.35. The first kappa shape index (κ1) is 29.8. The first-order chi connectivity index (χ1) is 26.1. The molecule has 0 saturated heterocycles.